The Labute approximate surface area is 251 Å². The van der Waals surface area contributed by atoms with Gasteiger partial charge in [-0.15, -0.1) is 0 Å². The van der Waals surface area contributed by atoms with Gasteiger partial charge in [0.1, 0.15) is 17.3 Å². The molecule has 2 N–H and O–H groups in total. The number of carbonyl (C=O) groups excluding carboxylic acids is 2. The molecule has 7 rings (SSSR count). The van der Waals surface area contributed by atoms with Crippen LogP contribution in [0.5, 0.6) is 5.75 Å². The van der Waals surface area contributed by atoms with Crippen molar-refractivity contribution in [1.82, 2.24) is 25.0 Å². The van der Waals surface area contributed by atoms with Crippen LogP contribution in [0.1, 0.15) is 55.1 Å². The van der Waals surface area contributed by atoms with Crippen molar-refractivity contribution < 1.29 is 19.1 Å². The number of ether oxygens (including phenoxy) is 2. The van der Waals surface area contributed by atoms with E-state index in [9.17, 15) is 9.59 Å². The average molecular weight is 588 g/mol. The number of nitrogens with zero attached hydrogens (tertiary/aromatic N) is 5. The SMILES string of the molecule is COc1cc2nn(C3CC4(CCN(C(=O)C5CCNCC5)CC4)C3)cc2cc1NC(=O)c1cccc(N2CCOCC2)n1. The van der Waals surface area contributed by atoms with E-state index in [1.54, 1.807) is 13.2 Å². The summed E-state index contributed by atoms with van der Waals surface area (Å²) >= 11 is 0. The average Bonchev–Trinajstić information content (AvgIpc) is 3.46. The first-order chi connectivity index (χ1) is 21.0. The topological polar surface area (TPSA) is 114 Å². The van der Waals surface area contributed by atoms with Crippen LogP contribution in [0.25, 0.3) is 10.9 Å². The summed E-state index contributed by atoms with van der Waals surface area (Å²) in [6.45, 7) is 6.48. The van der Waals surface area contributed by atoms with E-state index >= 15 is 0 Å². The number of hydrogen-bond donors (Lipinski definition) is 2. The maximum atomic E-state index is 13.2. The van der Waals surface area contributed by atoms with E-state index in [1.165, 1.54) is 0 Å². The fourth-order valence-electron chi connectivity index (χ4n) is 7.29. The minimum absolute atomic E-state index is 0.198. The van der Waals surface area contributed by atoms with Crippen LogP contribution in [-0.2, 0) is 9.53 Å². The second-order valence-corrected chi connectivity index (χ2v) is 12.6. The summed E-state index contributed by atoms with van der Waals surface area (Å²) in [4.78, 5) is 35.1. The number of carbonyl (C=O) groups is 2. The zero-order valence-corrected chi connectivity index (χ0v) is 24.9. The molecule has 228 valence electrons. The lowest BCUT2D eigenvalue weighted by atomic mass is 9.60. The van der Waals surface area contributed by atoms with Crippen LogP contribution in [0, 0.1) is 11.3 Å². The molecule has 0 atom stereocenters. The van der Waals surface area contributed by atoms with Gasteiger partial charge in [-0.3, -0.25) is 14.3 Å². The number of amides is 2. The van der Waals surface area contributed by atoms with Crippen molar-refractivity contribution in [1.29, 1.82) is 0 Å². The number of morpholine rings is 1. The lowest BCUT2D eigenvalue weighted by molar-refractivity contribution is -0.140. The van der Waals surface area contributed by atoms with Gasteiger partial charge in [0.05, 0.1) is 37.6 Å². The number of pyridine rings is 1. The van der Waals surface area contributed by atoms with E-state index in [0.29, 0.717) is 47.7 Å². The van der Waals surface area contributed by atoms with Gasteiger partial charge >= 0.3 is 0 Å². The molecule has 3 aromatic rings. The predicted octanol–water partition coefficient (Wildman–Crippen LogP) is 3.47. The summed E-state index contributed by atoms with van der Waals surface area (Å²) < 4.78 is 13.2. The highest BCUT2D eigenvalue weighted by Crippen LogP contribution is 2.55. The first-order valence-electron chi connectivity index (χ1n) is 15.7. The van der Waals surface area contributed by atoms with Gasteiger partial charge in [0.25, 0.3) is 5.91 Å². The highest BCUT2D eigenvalue weighted by atomic mass is 16.5. The zero-order chi connectivity index (χ0) is 29.4. The molecule has 5 heterocycles. The maximum absolute atomic E-state index is 13.2. The largest absolute Gasteiger partial charge is 0.494 e. The van der Waals surface area contributed by atoms with Crippen molar-refractivity contribution in [2.24, 2.45) is 11.3 Å². The lowest BCUT2D eigenvalue weighted by Gasteiger charge is -2.52. The van der Waals surface area contributed by atoms with Gasteiger partial charge in [0.2, 0.25) is 5.91 Å². The Morgan fingerprint density at radius 3 is 2.58 bits per heavy atom. The quantitative estimate of drug-likeness (QED) is 0.451. The summed E-state index contributed by atoms with van der Waals surface area (Å²) in [5.41, 5.74) is 2.09. The second-order valence-electron chi connectivity index (χ2n) is 12.6. The van der Waals surface area contributed by atoms with Crippen LogP contribution >= 0.6 is 0 Å². The van der Waals surface area contributed by atoms with E-state index in [1.807, 2.05) is 24.3 Å². The van der Waals surface area contributed by atoms with Gasteiger partial charge in [0.15, 0.2) is 0 Å². The van der Waals surface area contributed by atoms with E-state index in [-0.39, 0.29) is 11.8 Å². The standard InChI is InChI=1S/C32H41N7O4/c1-42-28-18-26-23(17-27(28)35-30(40)25-3-2-4-29(34-25)37-13-15-43-16-14-37)21-39(36-26)24-19-32(20-24)7-11-38(12-8-32)31(41)22-5-9-33-10-6-22/h2-4,17-18,21-22,24,33H,5-16,19-20H2,1H3,(H,35,40). The Balaban J connectivity index is 0.997. The molecule has 0 radical (unpaired) electrons. The molecule has 4 fully saturated rings. The summed E-state index contributed by atoms with van der Waals surface area (Å²) in [6, 6.07) is 9.67. The second kappa shape index (κ2) is 11.8. The highest BCUT2D eigenvalue weighted by Gasteiger charge is 2.47. The van der Waals surface area contributed by atoms with Crippen molar-refractivity contribution in [2.45, 2.75) is 44.6 Å². The van der Waals surface area contributed by atoms with E-state index in [4.69, 9.17) is 14.6 Å². The van der Waals surface area contributed by atoms with Crippen molar-refractivity contribution >= 4 is 34.2 Å². The van der Waals surface area contributed by atoms with Gasteiger partial charge in [-0.05, 0) is 75.2 Å². The van der Waals surface area contributed by atoms with Crippen molar-refractivity contribution in [3.63, 3.8) is 0 Å². The summed E-state index contributed by atoms with van der Waals surface area (Å²) in [7, 11) is 1.60. The molecule has 11 nitrogen and oxygen atoms in total. The number of piperidine rings is 2. The third kappa shape index (κ3) is 5.68. The number of aromatic nitrogens is 3. The predicted molar refractivity (Wildman–Crippen MR) is 164 cm³/mol. The number of benzene rings is 1. The van der Waals surface area contributed by atoms with Crippen molar-refractivity contribution in [3.05, 3.63) is 42.2 Å². The Hall–Kier alpha value is -3.70. The highest BCUT2D eigenvalue weighted by molar-refractivity contribution is 6.05. The van der Waals surface area contributed by atoms with Crippen molar-refractivity contribution in [2.75, 3.05) is 69.8 Å². The van der Waals surface area contributed by atoms with Crippen LogP contribution in [0.4, 0.5) is 11.5 Å². The normalized spacial score (nSPS) is 21.1. The van der Waals surface area contributed by atoms with Gasteiger partial charge in [-0.25, -0.2) is 4.98 Å². The third-order valence-electron chi connectivity index (χ3n) is 9.93. The fourth-order valence-corrected chi connectivity index (χ4v) is 7.29. The van der Waals surface area contributed by atoms with Crippen LogP contribution in [0.2, 0.25) is 0 Å². The molecule has 4 aliphatic rings. The molecule has 1 saturated carbocycles. The van der Waals surface area contributed by atoms with Crippen molar-refractivity contribution in [3.8, 4) is 5.75 Å². The first kappa shape index (κ1) is 28.1. The summed E-state index contributed by atoms with van der Waals surface area (Å²) in [6.07, 6.45) is 8.33. The number of likely N-dealkylation sites (tertiary alicyclic amines) is 1. The number of hydrogen-bond acceptors (Lipinski definition) is 8. The third-order valence-corrected chi connectivity index (χ3v) is 9.93. The van der Waals surface area contributed by atoms with Gasteiger partial charge < -0.3 is 29.9 Å². The molecule has 11 heteroatoms. The van der Waals surface area contributed by atoms with E-state index in [2.05, 4.69) is 36.3 Å². The number of nitrogens with one attached hydrogen (secondary N) is 2. The molecular weight excluding hydrogens is 546 g/mol. The fraction of sp³-hybridized carbons (Fsp3) is 0.562. The number of fused-ring (bicyclic) bond motifs is 1. The summed E-state index contributed by atoms with van der Waals surface area (Å²) in [5, 5.41) is 12.2. The monoisotopic (exact) mass is 587 g/mol. The Bertz CT molecular complexity index is 1480. The first-order valence-corrected chi connectivity index (χ1v) is 15.7. The molecule has 2 amide bonds. The smallest absolute Gasteiger partial charge is 0.274 e. The Morgan fingerprint density at radius 1 is 1.07 bits per heavy atom. The molecule has 0 unspecified atom stereocenters. The molecule has 1 aromatic carbocycles. The number of rotatable bonds is 6. The number of methoxy groups -OCH3 is 1. The Morgan fingerprint density at radius 2 is 1.84 bits per heavy atom. The molecule has 2 aromatic heterocycles. The Kier molecular flexibility index (Phi) is 7.69. The van der Waals surface area contributed by atoms with Crippen LogP contribution in [0.15, 0.2) is 36.5 Å². The molecule has 3 aliphatic heterocycles. The molecule has 1 aliphatic carbocycles. The molecular formula is C32H41N7O4. The molecule has 43 heavy (non-hydrogen) atoms. The van der Waals surface area contributed by atoms with Crippen LogP contribution in [0.3, 0.4) is 0 Å². The summed E-state index contributed by atoms with van der Waals surface area (Å²) in [5.74, 6) is 1.61. The van der Waals surface area contributed by atoms with Gasteiger partial charge in [-0.2, -0.15) is 5.10 Å². The van der Waals surface area contributed by atoms with Crippen LogP contribution < -0.4 is 20.3 Å². The maximum Gasteiger partial charge on any atom is 0.274 e. The minimum atomic E-state index is -0.286. The van der Waals surface area contributed by atoms with E-state index in [0.717, 1.165) is 94.5 Å². The van der Waals surface area contributed by atoms with Gasteiger partial charge in [-0.1, -0.05) is 6.07 Å². The van der Waals surface area contributed by atoms with Gasteiger partial charge in [0, 0.05) is 49.7 Å². The number of anilines is 2. The molecule has 1 spiro atoms. The van der Waals surface area contributed by atoms with E-state index < -0.39 is 0 Å². The molecule has 3 saturated heterocycles. The minimum Gasteiger partial charge on any atom is -0.494 e. The lowest BCUT2D eigenvalue weighted by Crippen LogP contribution is -2.51. The molecule has 0 bridgehead atoms. The van der Waals surface area contributed by atoms with Crippen LogP contribution in [-0.4, -0.2) is 91.1 Å². The zero-order valence-electron chi connectivity index (χ0n) is 24.9.